The smallest absolute Gasteiger partial charge is 0.214 e. The van der Waals surface area contributed by atoms with Gasteiger partial charge in [0.25, 0.3) is 0 Å². The molecule has 0 unspecified atom stereocenters. The SMILES string of the molecule is CCc1n[nH]c(=S)n1NCc1c(OCc2ccc(Cl)c(Cl)c2)ccc2ccccc12. The van der Waals surface area contributed by atoms with Crippen LogP contribution in [-0.4, -0.2) is 14.9 Å². The summed E-state index contributed by atoms with van der Waals surface area (Å²) in [6.45, 7) is 2.94. The average molecular weight is 459 g/mol. The summed E-state index contributed by atoms with van der Waals surface area (Å²) in [7, 11) is 0. The van der Waals surface area contributed by atoms with E-state index in [0.29, 0.717) is 28.0 Å². The minimum Gasteiger partial charge on any atom is -0.489 e. The predicted octanol–water partition coefficient (Wildman–Crippen LogP) is 6.29. The molecule has 5 nitrogen and oxygen atoms in total. The molecule has 1 heterocycles. The van der Waals surface area contributed by atoms with Crippen LogP contribution in [0.2, 0.25) is 10.0 Å². The number of nitrogens with one attached hydrogen (secondary N) is 2. The molecular weight excluding hydrogens is 439 g/mol. The molecule has 0 spiro atoms. The summed E-state index contributed by atoms with van der Waals surface area (Å²) < 4.78 is 8.52. The highest BCUT2D eigenvalue weighted by atomic mass is 35.5. The largest absolute Gasteiger partial charge is 0.489 e. The standard InChI is InChI=1S/C22H20Cl2N4OS/c1-2-21-26-27-22(30)28(21)25-12-17-16-6-4-3-5-15(16)8-10-20(17)29-13-14-7-9-18(23)19(24)11-14/h3-11,25H,2,12-13H2,1H3,(H,27,30). The zero-order valence-corrected chi connectivity index (χ0v) is 18.6. The number of aromatic amines is 1. The van der Waals surface area contributed by atoms with Gasteiger partial charge in [0.05, 0.1) is 16.6 Å². The zero-order valence-electron chi connectivity index (χ0n) is 16.3. The molecule has 1 aromatic heterocycles. The monoisotopic (exact) mass is 458 g/mol. The first-order valence-corrected chi connectivity index (χ1v) is 10.7. The van der Waals surface area contributed by atoms with Gasteiger partial charge < -0.3 is 10.2 Å². The number of H-pyrrole nitrogens is 1. The van der Waals surface area contributed by atoms with Crippen LogP contribution < -0.4 is 10.2 Å². The van der Waals surface area contributed by atoms with Gasteiger partial charge in [0.2, 0.25) is 4.77 Å². The van der Waals surface area contributed by atoms with E-state index in [4.69, 9.17) is 40.2 Å². The first-order chi connectivity index (χ1) is 14.6. The number of halogens is 2. The van der Waals surface area contributed by atoms with E-state index in [-0.39, 0.29) is 0 Å². The lowest BCUT2D eigenvalue weighted by Crippen LogP contribution is -2.18. The minimum atomic E-state index is 0.383. The Kier molecular flexibility index (Phi) is 6.27. The summed E-state index contributed by atoms with van der Waals surface area (Å²) in [5.74, 6) is 1.64. The molecule has 8 heteroatoms. The first-order valence-electron chi connectivity index (χ1n) is 9.54. The number of ether oxygens (including phenoxy) is 1. The molecule has 0 aliphatic rings. The van der Waals surface area contributed by atoms with E-state index < -0.39 is 0 Å². The summed E-state index contributed by atoms with van der Waals surface area (Å²) in [5, 5.41) is 10.4. The van der Waals surface area contributed by atoms with Gasteiger partial charge >= 0.3 is 0 Å². The van der Waals surface area contributed by atoms with E-state index >= 15 is 0 Å². The minimum absolute atomic E-state index is 0.383. The number of aryl methyl sites for hydroxylation is 1. The molecule has 154 valence electrons. The fraction of sp³-hybridized carbons (Fsp3) is 0.182. The Balaban J connectivity index is 1.64. The van der Waals surface area contributed by atoms with Crippen LogP contribution in [0.1, 0.15) is 23.9 Å². The highest BCUT2D eigenvalue weighted by Gasteiger charge is 2.11. The molecule has 0 bridgehead atoms. The third-order valence-electron chi connectivity index (χ3n) is 4.85. The van der Waals surface area contributed by atoms with Gasteiger partial charge in [-0.2, -0.15) is 5.10 Å². The lowest BCUT2D eigenvalue weighted by molar-refractivity contribution is 0.303. The number of fused-ring (bicyclic) bond motifs is 1. The Labute approximate surface area is 189 Å². The van der Waals surface area contributed by atoms with Gasteiger partial charge in [-0.25, -0.2) is 4.68 Å². The Bertz CT molecular complexity index is 1250. The van der Waals surface area contributed by atoms with Crippen molar-refractivity contribution in [2.24, 2.45) is 0 Å². The number of benzene rings is 3. The van der Waals surface area contributed by atoms with Gasteiger partial charge in [0, 0.05) is 12.0 Å². The Morgan fingerprint density at radius 3 is 2.73 bits per heavy atom. The van der Waals surface area contributed by atoms with Crippen molar-refractivity contribution in [2.75, 3.05) is 5.43 Å². The van der Waals surface area contributed by atoms with Crippen molar-refractivity contribution in [3.05, 3.63) is 86.4 Å². The highest BCUT2D eigenvalue weighted by molar-refractivity contribution is 7.71. The molecule has 0 amide bonds. The second-order valence-electron chi connectivity index (χ2n) is 6.77. The third kappa shape index (κ3) is 4.31. The lowest BCUT2D eigenvalue weighted by atomic mass is 10.0. The second kappa shape index (κ2) is 9.08. The molecule has 0 radical (unpaired) electrons. The summed E-state index contributed by atoms with van der Waals surface area (Å²) >= 11 is 17.5. The number of rotatable bonds is 7. The van der Waals surface area contributed by atoms with Crippen LogP contribution >= 0.6 is 35.4 Å². The van der Waals surface area contributed by atoms with Crippen molar-refractivity contribution < 1.29 is 4.74 Å². The Morgan fingerprint density at radius 1 is 1.10 bits per heavy atom. The van der Waals surface area contributed by atoms with Crippen LogP contribution in [-0.2, 0) is 19.6 Å². The molecule has 30 heavy (non-hydrogen) atoms. The van der Waals surface area contributed by atoms with E-state index in [1.807, 2.05) is 37.3 Å². The van der Waals surface area contributed by atoms with Crippen LogP contribution in [0.3, 0.4) is 0 Å². The van der Waals surface area contributed by atoms with Gasteiger partial charge in [0.1, 0.15) is 12.4 Å². The fourth-order valence-corrected chi connectivity index (χ4v) is 3.85. The molecular formula is C22H20Cl2N4OS. The van der Waals surface area contributed by atoms with Crippen LogP contribution in [0.15, 0.2) is 54.6 Å². The maximum Gasteiger partial charge on any atom is 0.214 e. The number of hydrogen-bond donors (Lipinski definition) is 2. The van der Waals surface area contributed by atoms with Crippen molar-refractivity contribution in [3.8, 4) is 5.75 Å². The van der Waals surface area contributed by atoms with Gasteiger partial charge in [-0.05, 0) is 46.8 Å². The Hall–Kier alpha value is -2.54. The van der Waals surface area contributed by atoms with Gasteiger partial charge in [-0.15, -0.1) is 0 Å². The second-order valence-corrected chi connectivity index (χ2v) is 7.97. The molecule has 0 fully saturated rings. The molecule has 2 N–H and O–H groups in total. The molecule has 0 saturated heterocycles. The topological polar surface area (TPSA) is 54.9 Å². The van der Waals surface area contributed by atoms with E-state index in [2.05, 4.69) is 33.8 Å². The van der Waals surface area contributed by atoms with Crippen LogP contribution in [0.25, 0.3) is 10.8 Å². The van der Waals surface area contributed by atoms with Gasteiger partial charge in [0.15, 0.2) is 5.82 Å². The molecule has 4 aromatic rings. The average Bonchev–Trinajstić information content (AvgIpc) is 3.12. The fourth-order valence-electron chi connectivity index (χ4n) is 3.31. The van der Waals surface area contributed by atoms with Crippen molar-refractivity contribution in [1.82, 2.24) is 14.9 Å². The molecule has 0 saturated carbocycles. The van der Waals surface area contributed by atoms with Crippen LogP contribution in [0.5, 0.6) is 5.75 Å². The summed E-state index contributed by atoms with van der Waals surface area (Å²) in [5.41, 5.74) is 5.36. The van der Waals surface area contributed by atoms with E-state index in [0.717, 1.165) is 39.9 Å². The molecule has 0 atom stereocenters. The molecule has 4 rings (SSSR count). The third-order valence-corrected chi connectivity index (χ3v) is 5.86. The van der Waals surface area contributed by atoms with Crippen molar-refractivity contribution in [2.45, 2.75) is 26.5 Å². The van der Waals surface area contributed by atoms with Crippen molar-refractivity contribution in [3.63, 3.8) is 0 Å². The van der Waals surface area contributed by atoms with Crippen molar-refractivity contribution in [1.29, 1.82) is 0 Å². The van der Waals surface area contributed by atoms with Gasteiger partial charge in [-0.3, -0.25) is 5.10 Å². The summed E-state index contributed by atoms with van der Waals surface area (Å²) in [4.78, 5) is 0. The number of nitrogens with zero attached hydrogens (tertiary/aromatic N) is 2. The first kappa shape index (κ1) is 20.7. The van der Waals surface area contributed by atoms with E-state index in [1.165, 1.54) is 0 Å². The summed E-state index contributed by atoms with van der Waals surface area (Å²) in [6.07, 6.45) is 0.760. The maximum atomic E-state index is 6.18. The van der Waals surface area contributed by atoms with Gasteiger partial charge in [-0.1, -0.05) is 66.5 Å². The quantitative estimate of drug-likeness (QED) is 0.319. The van der Waals surface area contributed by atoms with Crippen LogP contribution in [0, 0.1) is 4.77 Å². The van der Waals surface area contributed by atoms with Crippen LogP contribution in [0.4, 0.5) is 0 Å². The summed E-state index contributed by atoms with van der Waals surface area (Å²) in [6, 6.07) is 17.8. The molecule has 0 aliphatic heterocycles. The zero-order chi connectivity index (χ0) is 21.1. The van der Waals surface area contributed by atoms with E-state index in [9.17, 15) is 0 Å². The van der Waals surface area contributed by atoms with Crippen molar-refractivity contribution >= 4 is 46.2 Å². The predicted molar refractivity (Wildman–Crippen MR) is 125 cm³/mol. The van der Waals surface area contributed by atoms with E-state index in [1.54, 1.807) is 10.7 Å². The molecule has 3 aromatic carbocycles. The number of hydrogen-bond acceptors (Lipinski definition) is 4. The Morgan fingerprint density at radius 2 is 1.93 bits per heavy atom. The normalized spacial score (nSPS) is 11.0. The molecule has 0 aliphatic carbocycles. The maximum absolute atomic E-state index is 6.18. The lowest BCUT2D eigenvalue weighted by Gasteiger charge is -2.16. The highest BCUT2D eigenvalue weighted by Crippen LogP contribution is 2.30. The number of aromatic nitrogens is 3.